The smallest absolute Gasteiger partial charge is 0.343 e. The van der Waals surface area contributed by atoms with Crippen LogP contribution in [-0.2, 0) is 15.1 Å². The molecule has 4 nitrogen and oxygen atoms in total. The van der Waals surface area contributed by atoms with Crippen molar-refractivity contribution in [3.8, 4) is 0 Å². The highest BCUT2D eigenvalue weighted by Gasteiger charge is 2.48. The number of ether oxygens (including phenoxy) is 1. The third kappa shape index (κ3) is 3.98. The molecule has 134 valence electrons. The summed E-state index contributed by atoms with van der Waals surface area (Å²) in [5.41, 5.74) is -0.836. The van der Waals surface area contributed by atoms with E-state index in [9.17, 15) is 9.90 Å². The molecule has 0 spiro atoms. The lowest BCUT2D eigenvalue weighted by Gasteiger charge is -2.33. The summed E-state index contributed by atoms with van der Waals surface area (Å²) in [5.74, 6) is -0.507. The second kappa shape index (κ2) is 8.63. The van der Waals surface area contributed by atoms with E-state index in [2.05, 4.69) is 4.90 Å². The van der Waals surface area contributed by atoms with Gasteiger partial charge in [0.25, 0.3) is 0 Å². The molecule has 1 saturated heterocycles. The third-order valence-electron chi connectivity index (χ3n) is 5.09. The zero-order chi connectivity index (χ0) is 17.6. The molecule has 1 aliphatic heterocycles. The average Bonchev–Trinajstić information content (AvgIpc) is 3.29. The van der Waals surface area contributed by atoms with Gasteiger partial charge in [-0.2, -0.15) is 0 Å². The quantitative estimate of drug-likeness (QED) is 0.859. The number of hydrogen-bond donors (Lipinski definition) is 1. The van der Waals surface area contributed by atoms with Crippen molar-refractivity contribution < 1.29 is 14.6 Å². The Morgan fingerprint density at radius 3 is 2.33 bits per heavy atom. The van der Waals surface area contributed by atoms with Gasteiger partial charge in [0.05, 0.1) is 0 Å². The molecule has 0 radical (unpaired) electrons. The van der Waals surface area contributed by atoms with Gasteiger partial charge in [-0.15, -0.1) is 0 Å². The van der Waals surface area contributed by atoms with Crippen molar-refractivity contribution >= 4 is 5.97 Å². The van der Waals surface area contributed by atoms with Gasteiger partial charge < -0.3 is 14.7 Å². The van der Waals surface area contributed by atoms with E-state index in [4.69, 9.17) is 4.74 Å². The fraction of sp³-hybridized carbons (Fsp3) is 0.650. The van der Waals surface area contributed by atoms with Crippen LogP contribution >= 0.6 is 0 Å². The maximum atomic E-state index is 12.8. The van der Waals surface area contributed by atoms with Gasteiger partial charge in [-0.3, -0.25) is 0 Å². The zero-order valence-electron chi connectivity index (χ0n) is 15.2. The van der Waals surface area contributed by atoms with Crippen LogP contribution in [0.4, 0.5) is 0 Å². The number of benzene rings is 1. The summed E-state index contributed by atoms with van der Waals surface area (Å²) in [4.78, 5) is 15.0. The summed E-state index contributed by atoms with van der Waals surface area (Å²) >= 11 is 0. The lowest BCUT2D eigenvalue weighted by atomic mass is 9.80. The standard InChI is InChI=1S/C18H25NO3.C2H6/c1-19-12-11-16(13-19)22-17(20)18(21,15-9-5-6-10-15)14-7-3-2-4-8-14;1-2/h2-4,7-8,15-16,21H,5-6,9-13H2,1H3;1-2H3. The lowest BCUT2D eigenvalue weighted by Crippen LogP contribution is -2.45. The van der Waals surface area contributed by atoms with Crippen LogP contribution < -0.4 is 0 Å². The minimum Gasteiger partial charge on any atom is -0.459 e. The Morgan fingerprint density at radius 1 is 1.17 bits per heavy atom. The Kier molecular flexibility index (Phi) is 6.81. The average molecular weight is 333 g/mol. The normalized spacial score (nSPS) is 24.1. The van der Waals surface area contributed by atoms with Gasteiger partial charge in [0.1, 0.15) is 6.10 Å². The van der Waals surface area contributed by atoms with Gasteiger partial charge in [-0.05, 0) is 31.9 Å². The van der Waals surface area contributed by atoms with E-state index in [0.29, 0.717) is 5.56 Å². The second-order valence-corrected chi connectivity index (χ2v) is 6.69. The molecule has 1 aliphatic carbocycles. The van der Waals surface area contributed by atoms with Crippen molar-refractivity contribution in [2.75, 3.05) is 20.1 Å². The van der Waals surface area contributed by atoms with E-state index in [1.165, 1.54) is 0 Å². The molecule has 1 heterocycles. The largest absolute Gasteiger partial charge is 0.459 e. The molecule has 1 N–H and O–H groups in total. The first-order chi connectivity index (χ1) is 11.6. The molecule has 2 fully saturated rings. The monoisotopic (exact) mass is 333 g/mol. The number of nitrogens with zero attached hydrogens (tertiary/aromatic N) is 1. The molecular formula is C20H31NO3. The molecule has 4 heteroatoms. The summed E-state index contributed by atoms with van der Waals surface area (Å²) in [5, 5.41) is 11.3. The molecule has 1 aromatic rings. The number of hydrogen-bond acceptors (Lipinski definition) is 4. The van der Waals surface area contributed by atoms with E-state index in [0.717, 1.165) is 45.2 Å². The maximum absolute atomic E-state index is 12.8. The molecule has 2 unspecified atom stereocenters. The third-order valence-corrected chi connectivity index (χ3v) is 5.09. The van der Waals surface area contributed by atoms with Crippen LogP contribution in [0.25, 0.3) is 0 Å². The predicted molar refractivity (Wildman–Crippen MR) is 95.6 cm³/mol. The number of aliphatic hydroxyl groups is 1. The van der Waals surface area contributed by atoms with E-state index < -0.39 is 11.6 Å². The highest BCUT2D eigenvalue weighted by atomic mass is 16.6. The van der Waals surface area contributed by atoms with Gasteiger partial charge in [0.2, 0.25) is 0 Å². The Morgan fingerprint density at radius 2 is 1.79 bits per heavy atom. The van der Waals surface area contributed by atoms with Crippen molar-refractivity contribution in [3.05, 3.63) is 35.9 Å². The first-order valence-electron chi connectivity index (χ1n) is 9.28. The molecule has 3 rings (SSSR count). The molecule has 1 saturated carbocycles. The molecular weight excluding hydrogens is 302 g/mol. The molecule has 24 heavy (non-hydrogen) atoms. The summed E-state index contributed by atoms with van der Waals surface area (Å²) in [6, 6.07) is 9.30. The number of carbonyl (C=O) groups excluding carboxylic acids is 1. The van der Waals surface area contributed by atoms with Gasteiger partial charge in [-0.1, -0.05) is 57.0 Å². The van der Waals surface area contributed by atoms with Gasteiger partial charge in [-0.25, -0.2) is 4.79 Å². The highest BCUT2D eigenvalue weighted by Crippen LogP contribution is 2.41. The number of carbonyl (C=O) groups is 1. The van der Waals surface area contributed by atoms with Gasteiger partial charge in [0, 0.05) is 19.0 Å². The van der Waals surface area contributed by atoms with E-state index in [-0.39, 0.29) is 12.0 Å². The van der Waals surface area contributed by atoms with Crippen molar-refractivity contribution in [1.82, 2.24) is 4.90 Å². The fourth-order valence-electron chi connectivity index (χ4n) is 3.79. The highest BCUT2D eigenvalue weighted by molar-refractivity contribution is 5.81. The maximum Gasteiger partial charge on any atom is 0.343 e. The van der Waals surface area contributed by atoms with E-state index in [1.807, 2.05) is 51.2 Å². The second-order valence-electron chi connectivity index (χ2n) is 6.69. The fourth-order valence-corrected chi connectivity index (χ4v) is 3.79. The van der Waals surface area contributed by atoms with Crippen LogP contribution in [0.1, 0.15) is 51.5 Å². The Balaban J connectivity index is 0.00000100. The van der Waals surface area contributed by atoms with E-state index in [1.54, 1.807) is 0 Å². The van der Waals surface area contributed by atoms with Crippen LogP contribution in [0.2, 0.25) is 0 Å². The number of rotatable bonds is 4. The first-order valence-corrected chi connectivity index (χ1v) is 9.28. The minimum absolute atomic E-state index is 0.0402. The molecule has 0 aromatic heterocycles. The molecule has 0 bridgehead atoms. The predicted octanol–water partition coefficient (Wildman–Crippen LogP) is 3.34. The first kappa shape index (κ1) is 18.9. The van der Waals surface area contributed by atoms with Crippen molar-refractivity contribution in [3.63, 3.8) is 0 Å². The van der Waals surface area contributed by atoms with Crippen molar-refractivity contribution in [2.24, 2.45) is 5.92 Å². The number of likely N-dealkylation sites (tertiary alicyclic amines) is 1. The van der Waals surface area contributed by atoms with E-state index >= 15 is 0 Å². The van der Waals surface area contributed by atoms with Crippen LogP contribution in [0.15, 0.2) is 30.3 Å². The van der Waals surface area contributed by atoms with Crippen LogP contribution in [0.3, 0.4) is 0 Å². The Hall–Kier alpha value is -1.39. The van der Waals surface area contributed by atoms with Gasteiger partial charge >= 0.3 is 5.97 Å². The number of likely N-dealkylation sites (N-methyl/N-ethyl adjacent to an activating group) is 1. The number of esters is 1. The molecule has 1 aromatic carbocycles. The molecule has 2 aliphatic rings. The van der Waals surface area contributed by atoms with Gasteiger partial charge in [0.15, 0.2) is 5.60 Å². The molecule has 0 amide bonds. The van der Waals surface area contributed by atoms with Crippen LogP contribution in [0.5, 0.6) is 0 Å². The van der Waals surface area contributed by atoms with Crippen LogP contribution in [0, 0.1) is 5.92 Å². The Bertz CT molecular complexity index is 513. The zero-order valence-corrected chi connectivity index (χ0v) is 15.2. The van der Waals surface area contributed by atoms with Crippen molar-refractivity contribution in [1.29, 1.82) is 0 Å². The lowest BCUT2D eigenvalue weighted by molar-refractivity contribution is -0.178. The topological polar surface area (TPSA) is 49.8 Å². The van der Waals surface area contributed by atoms with Crippen molar-refractivity contribution in [2.45, 2.75) is 57.7 Å². The summed E-state index contributed by atoms with van der Waals surface area (Å²) in [7, 11) is 2.02. The summed E-state index contributed by atoms with van der Waals surface area (Å²) in [6.07, 6.45) is 4.64. The minimum atomic E-state index is -1.50. The SMILES string of the molecule is CC.CN1CCC(OC(=O)C(O)(c2ccccc2)C2CCCC2)C1. The Labute approximate surface area is 145 Å². The molecule has 2 atom stereocenters. The summed E-state index contributed by atoms with van der Waals surface area (Å²) < 4.78 is 5.68. The van der Waals surface area contributed by atoms with Crippen LogP contribution in [-0.4, -0.2) is 42.2 Å². The summed E-state index contributed by atoms with van der Waals surface area (Å²) in [6.45, 7) is 5.69.